The van der Waals surface area contributed by atoms with Crippen LogP contribution in [0.3, 0.4) is 0 Å². The molecule has 4 amide bonds. The van der Waals surface area contributed by atoms with Gasteiger partial charge in [-0.15, -0.1) is 0 Å². The lowest BCUT2D eigenvalue weighted by Crippen LogP contribution is -2.58. The Hall–Kier alpha value is -2.52. The summed E-state index contributed by atoms with van der Waals surface area (Å²) < 4.78 is 3.03. The van der Waals surface area contributed by atoms with Gasteiger partial charge in [-0.05, 0) is 49.4 Å². The summed E-state index contributed by atoms with van der Waals surface area (Å²) in [5.74, 6) is -0.423. The Morgan fingerprint density at radius 3 is 2.61 bits per heavy atom. The van der Waals surface area contributed by atoms with Crippen molar-refractivity contribution in [1.29, 1.82) is 0 Å². The highest BCUT2D eigenvalue weighted by molar-refractivity contribution is 8.02. The van der Waals surface area contributed by atoms with Crippen molar-refractivity contribution in [2.45, 2.75) is 39.7 Å². The first-order valence-electron chi connectivity index (χ1n) is 10.8. The Labute approximate surface area is 187 Å². The van der Waals surface area contributed by atoms with E-state index in [9.17, 15) is 14.4 Å². The Kier molecular flexibility index (Phi) is 6.24. The molecular formula is C22H29N5O3S. The lowest BCUT2D eigenvalue weighted by atomic mass is 10.1. The van der Waals surface area contributed by atoms with Crippen LogP contribution in [0.25, 0.3) is 0 Å². The number of rotatable bonds is 5. The predicted octanol–water partition coefficient (Wildman–Crippen LogP) is 2.14. The molecule has 3 aliphatic heterocycles. The molecule has 0 bridgehead atoms. The number of hydrogen-bond acceptors (Lipinski definition) is 6. The molecule has 2 N–H and O–H groups in total. The van der Waals surface area contributed by atoms with Crippen molar-refractivity contribution in [3.05, 3.63) is 39.9 Å². The van der Waals surface area contributed by atoms with E-state index in [1.54, 1.807) is 4.90 Å². The first-order valence-corrected chi connectivity index (χ1v) is 11.6. The van der Waals surface area contributed by atoms with E-state index in [4.69, 9.17) is 0 Å². The van der Waals surface area contributed by atoms with Crippen molar-refractivity contribution in [3.8, 4) is 0 Å². The quantitative estimate of drug-likeness (QED) is 0.679. The average molecular weight is 444 g/mol. The number of nitrogens with one attached hydrogen (secondary N) is 2. The highest BCUT2D eigenvalue weighted by Crippen LogP contribution is 2.32. The first-order chi connectivity index (χ1) is 14.9. The van der Waals surface area contributed by atoms with E-state index in [0.29, 0.717) is 30.2 Å². The number of urea groups is 1. The van der Waals surface area contributed by atoms with Crippen LogP contribution in [-0.4, -0.2) is 66.4 Å². The molecule has 3 heterocycles. The molecule has 2 saturated heterocycles. The van der Waals surface area contributed by atoms with Gasteiger partial charge in [0, 0.05) is 38.4 Å². The summed E-state index contributed by atoms with van der Waals surface area (Å²) in [6.07, 6.45) is 1.65. The third kappa shape index (κ3) is 4.04. The van der Waals surface area contributed by atoms with E-state index in [2.05, 4.69) is 47.0 Å². The smallest absolute Gasteiger partial charge is 0.328 e. The van der Waals surface area contributed by atoms with Crippen molar-refractivity contribution >= 4 is 35.5 Å². The van der Waals surface area contributed by atoms with Gasteiger partial charge in [-0.3, -0.25) is 14.5 Å². The number of piperazine rings is 1. The summed E-state index contributed by atoms with van der Waals surface area (Å²) in [7, 11) is 0. The number of amides is 4. The number of fused-ring (bicyclic) bond motifs is 1. The largest absolute Gasteiger partial charge is 0.368 e. The number of aryl methyl sites for hydroxylation is 1. The molecule has 4 rings (SSSR count). The zero-order valence-corrected chi connectivity index (χ0v) is 19.1. The van der Waals surface area contributed by atoms with Gasteiger partial charge in [0.05, 0.1) is 5.70 Å². The summed E-state index contributed by atoms with van der Waals surface area (Å²) in [5.41, 5.74) is 4.13. The van der Waals surface area contributed by atoms with Crippen molar-refractivity contribution in [1.82, 2.24) is 19.8 Å². The molecule has 3 aliphatic rings. The van der Waals surface area contributed by atoms with E-state index in [1.165, 1.54) is 21.7 Å². The highest BCUT2D eigenvalue weighted by atomic mass is 32.2. The minimum Gasteiger partial charge on any atom is -0.368 e. The Morgan fingerprint density at radius 1 is 1.16 bits per heavy atom. The van der Waals surface area contributed by atoms with Gasteiger partial charge in [0.15, 0.2) is 0 Å². The number of unbranched alkanes of at least 4 members (excludes halogenated alkanes) is 1. The Morgan fingerprint density at radius 2 is 1.90 bits per heavy atom. The van der Waals surface area contributed by atoms with Crippen LogP contribution in [0.2, 0.25) is 0 Å². The normalized spacial score (nSPS) is 21.5. The van der Waals surface area contributed by atoms with E-state index in [1.807, 2.05) is 6.92 Å². The Balaban J connectivity index is 1.44. The molecule has 166 valence electrons. The molecule has 0 aromatic heterocycles. The van der Waals surface area contributed by atoms with E-state index in [0.717, 1.165) is 37.9 Å². The molecule has 0 saturated carbocycles. The van der Waals surface area contributed by atoms with Gasteiger partial charge in [0.2, 0.25) is 0 Å². The van der Waals surface area contributed by atoms with Crippen molar-refractivity contribution in [2.75, 3.05) is 37.6 Å². The number of imide groups is 1. The van der Waals surface area contributed by atoms with Crippen LogP contribution >= 0.6 is 11.9 Å². The van der Waals surface area contributed by atoms with Crippen molar-refractivity contribution < 1.29 is 14.4 Å². The van der Waals surface area contributed by atoms with Crippen LogP contribution in [0.15, 0.2) is 28.8 Å². The number of carbonyl (C=O) groups is 3. The molecule has 1 atom stereocenters. The monoisotopic (exact) mass is 443 g/mol. The molecule has 1 aromatic rings. The van der Waals surface area contributed by atoms with Crippen LogP contribution in [0.4, 0.5) is 10.5 Å². The fourth-order valence-corrected chi connectivity index (χ4v) is 5.11. The Bertz CT molecular complexity index is 939. The third-order valence-electron chi connectivity index (χ3n) is 6.22. The van der Waals surface area contributed by atoms with Crippen LogP contribution in [0.5, 0.6) is 0 Å². The van der Waals surface area contributed by atoms with E-state index < -0.39 is 12.1 Å². The van der Waals surface area contributed by atoms with E-state index >= 15 is 0 Å². The average Bonchev–Trinajstić information content (AvgIpc) is 3.19. The van der Waals surface area contributed by atoms with Gasteiger partial charge >= 0.3 is 6.03 Å². The van der Waals surface area contributed by atoms with Gasteiger partial charge in [0.25, 0.3) is 11.8 Å². The summed E-state index contributed by atoms with van der Waals surface area (Å²) in [4.78, 5) is 44.2. The van der Waals surface area contributed by atoms with Gasteiger partial charge in [-0.1, -0.05) is 25.5 Å². The molecule has 0 aliphatic carbocycles. The standard InChI is InChI=1S/C22H29N5O3S/c1-4-5-9-27-20(28)18-17(23-22(27)30)19(31-24-18)21(29)26-12-10-25(11-13-26)16-8-6-7-14(2)15(16)3/h6-8,18,24H,4-5,9-13H2,1-3H3,(H,23,30). The number of nitrogens with zero attached hydrogens (tertiary/aromatic N) is 3. The fourth-order valence-electron chi connectivity index (χ4n) is 4.16. The fraction of sp³-hybridized carbons (Fsp3) is 0.500. The van der Waals surface area contributed by atoms with Crippen molar-refractivity contribution in [3.63, 3.8) is 0 Å². The van der Waals surface area contributed by atoms with Crippen LogP contribution in [0.1, 0.15) is 30.9 Å². The van der Waals surface area contributed by atoms with E-state index in [-0.39, 0.29) is 11.8 Å². The molecule has 1 unspecified atom stereocenters. The second kappa shape index (κ2) is 8.92. The number of hydrogen-bond donors (Lipinski definition) is 2. The van der Waals surface area contributed by atoms with Gasteiger partial charge in [-0.2, -0.15) is 0 Å². The van der Waals surface area contributed by atoms with Gasteiger partial charge in [0.1, 0.15) is 10.9 Å². The summed E-state index contributed by atoms with van der Waals surface area (Å²) >= 11 is 1.15. The van der Waals surface area contributed by atoms with Crippen LogP contribution < -0.4 is 14.9 Å². The molecule has 2 fully saturated rings. The molecule has 31 heavy (non-hydrogen) atoms. The molecule has 9 heteroatoms. The topological polar surface area (TPSA) is 85.0 Å². The number of benzene rings is 1. The number of anilines is 1. The lowest BCUT2D eigenvalue weighted by Gasteiger charge is -2.37. The molecule has 0 spiro atoms. The molecular weight excluding hydrogens is 414 g/mol. The highest BCUT2D eigenvalue weighted by Gasteiger charge is 2.44. The molecule has 1 aromatic carbocycles. The SMILES string of the molecule is CCCCN1C(=O)NC2=C(C(=O)N3CCN(c4cccc(C)c4C)CC3)SNC2C1=O. The molecule has 8 nitrogen and oxygen atoms in total. The van der Waals surface area contributed by atoms with Crippen LogP contribution in [0, 0.1) is 13.8 Å². The third-order valence-corrected chi connectivity index (χ3v) is 7.18. The second-order valence-corrected chi connectivity index (χ2v) is 9.02. The van der Waals surface area contributed by atoms with Gasteiger partial charge < -0.3 is 15.1 Å². The summed E-state index contributed by atoms with van der Waals surface area (Å²) in [6, 6.07) is 5.18. The lowest BCUT2D eigenvalue weighted by molar-refractivity contribution is -0.130. The van der Waals surface area contributed by atoms with Crippen molar-refractivity contribution in [2.24, 2.45) is 0 Å². The summed E-state index contributed by atoms with van der Waals surface area (Å²) in [5, 5.41) is 2.79. The minimum absolute atomic E-state index is 0.134. The maximum absolute atomic E-state index is 13.2. The zero-order valence-electron chi connectivity index (χ0n) is 18.2. The van der Waals surface area contributed by atoms with Gasteiger partial charge in [-0.25, -0.2) is 9.52 Å². The maximum Gasteiger partial charge on any atom is 0.328 e. The minimum atomic E-state index is -0.672. The van der Waals surface area contributed by atoms with Crippen LogP contribution in [-0.2, 0) is 9.59 Å². The predicted molar refractivity (Wildman–Crippen MR) is 121 cm³/mol. The first kappa shape index (κ1) is 21.7. The number of carbonyl (C=O) groups excluding carboxylic acids is 3. The zero-order chi connectivity index (χ0) is 22.1. The summed E-state index contributed by atoms with van der Waals surface area (Å²) in [6.45, 7) is 9.32. The second-order valence-electron chi connectivity index (χ2n) is 8.17. The molecule has 0 radical (unpaired) electrons. The maximum atomic E-state index is 13.2.